The zero-order valence-corrected chi connectivity index (χ0v) is 22.1. The summed E-state index contributed by atoms with van der Waals surface area (Å²) < 4.78 is 34.7. The molecule has 2 atom stereocenters. The SMILES string of the molecule is CCOc1ccc(S(=O)(=O)N[C@H](Cc2ccccc2)C(=O)N[C@@H](C)c2ccc(SC)cc2)cc1C. The van der Waals surface area contributed by atoms with Gasteiger partial charge in [-0.15, -0.1) is 11.8 Å². The van der Waals surface area contributed by atoms with Crippen LogP contribution in [-0.2, 0) is 21.2 Å². The molecule has 8 heteroatoms. The molecule has 1 amide bonds. The third-order valence-corrected chi connectivity index (χ3v) is 7.84. The molecule has 6 nitrogen and oxygen atoms in total. The molecule has 35 heavy (non-hydrogen) atoms. The van der Waals surface area contributed by atoms with E-state index in [-0.39, 0.29) is 23.3 Å². The number of nitrogens with one attached hydrogen (secondary N) is 2. The average molecular weight is 513 g/mol. The van der Waals surface area contributed by atoms with Gasteiger partial charge < -0.3 is 10.1 Å². The summed E-state index contributed by atoms with van der Waals surface area (Å²) in [5, 5.41) is 2.97. The predicted molar refractivity (Wildman–Crippen MR) is 141 cm³/mol. The van der Waals surface area contributed by atoms with Gasteiger partial charge in [0.1, 0.15) is 11.8 Å². The fraction of sp³-hybridized carbons (Fsp3) is 0.296. The van der Waals surface area contributed by atoms with Crippen molar-refractivity contribution in [1.29, 1.82) is 0 Å². The highest BCUT2D eigenvalue weighted by molar-refractivity contribution is 7.98. The van der Waals surface area contributed by atoms with Crippen molar-refractivity contribution in [3.63, 3.8) is 0 Å². The maximum atomic E-state index is 13.3. The van der Waals surface area contributed by atoms with E-state index in [1.54, 1.807) is 30.8 Å². The van der Waals surface area contributed by atoms with Gasteiger partial charge in [-0.1, -0.05) is 42.5 Å². The second-order valence-corrected chi connectivity index (χ2v) is 10.8. The summed E-state index contributed by atoms with van der Waals surface area (Å²) in [4.78, 5) is 14.5. The number of benzene rings is 3. The van der Waals surface area contributed by atoms with Crippen LogP contribution in [0.3, 0.4) is 0 Å². The highest BCUT2D eigenvalue weighted by atomic mass is 32.2. The molecule has 0 unspecified atom stereocenters. The van der Waals surface area contributed by atoms with E-state index >= 15 is 0 Å². The molecule has 3 aromatic carbocycles. The van der Waals surface area contributed by atoms with Crippen molar-refractivity contribution in [3.05, 3.63) is 89.5 Å². The van der Waals surface area contributed by atoms with Gasteiger partial charge in [-0.2, -0.15) is 4.72 Å². The van der Waals surface area contributed by atoms with Crippen molar-refractivity contribution in [3.8, 4) is 5.75 Å². The Kier molecular flexibility index (Phi) is 9.37. The largest absolute Gasteiger partial charge is 0.494 e. The first-order valence-electron chi connectivity index (χ1n) is 11.5. The molecule has 0 saturated heterocycles. The summed E-state index contributed by atoms with van der Waals surface area (Å²) in [5.41, 5.74) is 2.51. The maximum Gasteiger partial charge on any atom is 0.241 e. The summed E-state index contributed by atoms with van der Waals surface area (Å²) in [5.74, 6) is 0.243. The Balaban J connectivity index is 1.83. The van der Waals surface area contributed by atoms with Gasteiger partial charge in [-0.25, -0.2) is 8.42 Å². The van der Waals surface area contributed by atoms with Gasteiger partial charge in [-0.3, -0.25) is 4.79 Å². The van der Waals surface area contributed by atoms with E-state index in [2.05, 4.69) is 10.0 Å². The van der Waals surface area contributed by atoms with Gasteiger partial charge in [0, 0.05) is 4.90 Å². The topological polar surface area (TPSA) is 84.5 Å². The minimum Gasteiger partial charge on any atom is -0.494 e. The molecule has 0 aliphatic rings. The van der Waals surface area contributed by atoms with E-state index in [9.17, 15) is 13.2 Å². The van der Waals surface area contributed by atoms with Crippen LogP contribution >= 0.6 is 11.8 Å². The van der Waals surface area contributed by atoms with Gasteiger partial charge in [0.2, 0.25) is 15.9 Å². The summed E-state index contributed by atoms with van der Waals surface area (Å²) in [6.07, 6.45) is 2.23. The Morgan fingerprint density at radius 1 is 1.03 bits per heavy atom. The van der Waals surface area contributed by atoms with E-state index in [0.717, 1.165) is 16.0 Å². The first kappa shape index (κ1) is 26.8. The molecule has 0 fully saturated rings. The molecule has 3 rings (SSSR count). The van der Waals surface area contributed by atoms with Crippen molar-refractivity contribution in [2.75, 3.05) is 12.9 Å². The Labute approximate surface area is 212 Å². The summed E-state index contributed by atoms with van der Waals surface area (Å²) in [6, 6.07) is 20.7. The number of aryl methyl sites for hydroxylation is 1. The smallest absolute Gasteiger partial charge is 0.241 e. The number of carbonyl (C=O) groups excluding carboxylic acids is 1. The predicted octanol–water partition coefficient (Wildman–Crippen LogP) is 4.88. The zero-order chi connectivity index (χ0) is 25.4. The van der Waals surface area contributed by atoms with E-state index < -0.39 is 16.1 Å². The number of hydrogen-bond donors (Lipinski definition) is 2. The van der Waals surface area contributed by atoms with Gasteiger partial charge in [0.05, 0.1) is 17.5 Å². The van der Waals surface area contributed by atoms with Crippen LogP contribution in [0.5, 0.6) is 5.75 Å². The Hall–Kier alpha value is -2.81. The van der Waals surface area contributed by atoms with Gasteiger partial charge in [-0.05, 0) is 80.5 Å². The average Bonchev–Trinajstić information content (AvgIpc) is 2.85. The van der Waals surface area contributed by atoms with Crippen LogP contribution in [-0.4, -0.2) is 33.2 Å². The van der Waals surface area contributed by atoms with E-state index in [0.29, 0.717) is 17.9 Å². The lowest BCUT2D eigenvalue weighted by Gasteiger charge is -2.22. The summed E-state index contributed by atoms with van der Waals surface area (Å²) >= 11 is 1.65. The molecule has 186 valence electrons. The first-order chi connectivity index (χ1) is 16.7. The Morgan fingerprint density at radius 3 is 2.31 bits per heavy atom. The molecular weight excluding hydrogens is 480 g/mol. The van der Waals surface area contributed by atoms with Crippen LogP contribution in [0.25, 0.3) is 0 Å². The standard InChI is InChI=1S/C27H32N2O4S2/c1-5-33-26-16-15-24(17-19(26)2)35(31,32)29-25(18-21-9-7-6-8-10-21)27(30)28-20(3)22-11-13-23(34-4)14-12-22/h6-17,20,25,29H,5,18H2,1-4H3,(H,28,30)/t20-,25+/m0/s1. The monoisotopic (exact) mass is 512 g/mol. The van der Waals surface area contributed by atoms with E-state index in [1.165, 1.54) is 6.07 Å². The van der Waals surface area contributed by atoms with Crippen molar-refractivity contribution < 1.29 is 17.9 Å². The van der Waals surface area contributed by atoms with Crippen LogP contribution in [0.2, 0.25) is 0 Å². The van der Waals surface area contributed by atoms with Crippen LogP contribution in [0.4, 0.5) is 0 Å². The van der Waals surface area contributed by atoms with Crippen LogP contribution in [0, 0.1) is 6.92 Å². The number of sulfonamides is 1. The minimum absolute atomic E-state index is 0.0880. The van der Waals surface area contributed by atoms with Crippen LogP contribution in [0.15, 0.2) is 82.6 Å². The lowest BCUT2D eigenvalue weighted by Crippen LogP contribution is -2.48. The number of rotatable bonds is 11. The molecule has 0 aromatic heterocycles. The number of carbonyl (C=O) groups is 1. The molecule has 0 aliphatic heterocycles. The zero-order valence-electron chi connectivity index (χ0n) is 20.4. The lowest BCUT2D eigenvalue weighted by molar-refractivity contribution is -0.123. The third kappa shape index (κ3) is 7.34. The molecule has 0 heterocycles. The van der Waals surface area contributed by atoms with Crippen molar-refractivity contribution >= 4 is 27.7 Å². The van der Waals surface area contributed by atoms with Crippen molar-refractivity contribution in [2.45, 2.75) is 49.1 Å². The quantitative estimate of drug-likeness (QED) is 0.358. The van der Waals surface area contributed by atoms with E-state index in [4.69, 9.17) is 4.74 Å². The van der Waals surface area contributed by atoms with Gasteiger partial charge >= 0.3 is 0 Å². The first-order valence-corrected chi connectivity index (χ1v) is 14.2. The third-order valence-electron chi connectivity index (χ3n) is 5.63. The molecule has 0 spiro atoms. The molecular formula is C27H32N2O4S2. The number of hydrogen-bond acceptors (Lipinski definition) is 5. The molecule has 0 saturated carbocycles. The van der Waals surface area contributed by atoms with Crippen LogP contribution in [0.1, 0.15) is 36.6 Å². The molecule has 0 bridgehead atoms. The number of ether oxygens (including phenoxy) is 1. The number of amides is 1. The molecule has 3 aromatic rings. The van der Waals surface area contributed by atoms with E-state index in [1.807, 2.05) is 74.7 Å². The van der Waals surface area contributed by atoms with Gasteiger partial charge in [0.25, 0.3) is 0 Å². The maximum absolute atomic E-state index is 13.3. The Morgan fingerprint density at radius 2 is 1.71 bits per heavy atom. The normalized spacial score (nSPS) is 13.1. The summed E-state index contributed by atoms with van der Waals surface area (Å²) in [6.45, 7) is 6.04. The second-order valence-electron chi connectivity index (χ2n) is 8.23. The van der Waals surface area contributed by atoms with Crippen LogP contribution < -0.4 is 14.8 Å². The molecule has 0 radical (unpaired) electrons. The summed E-state index contributed by atoms with van der Waals surface area (Å²) in [7, 11) is -3.96. The minimum atomic E-state index is -3.96. The van der Waals surface area contributed by atoms with Crippen molar-refractivity contribution in [1.82, 2.24) is 10.0 Å². The lowest BCUT2D eigenvalue weighted by atomic mass is 10.0. The highest BCUT2D eigenvalue weighted by Crippen LogP contribution is 2.23. The number of thioether (sulfide) groups is 1. The Bertz CT molecular complexity index is 1230. The molecule has 2 N–H and O–H groups in total. The molecule has 0 aliphatic carbocycles. The fourth-order valence-corrected chi connectivity index (χ4v) is 5.38. The van der Waals surface area contributed by atoms with Gasteiger partial charge in [0.15, 0.2) is 0 Å². The van der Waals surface area contributed by atoms with Crippen molar-refractivity contribution in [2.24, 2.45) is 0 Å². The highest BCUT2D eigenvalue weighted by Gasteiger charge is 2.27. The second kappa shape index (κ2) is 12.2. The fourth-order valence-electron chi connectivity index (χ4n) is 3.69.